The lowest BCUT2D eigenvalue weighted by Gasteiger charge is -2.36. The number of nitriles is 1. The zero-order chi connectivity index (χ0) is 20.2. The first-order chi connectivity index (χ1) is 14.1. The molecule has 0 radical (unpaired) electrons. The maximum Gasteiger partial charge on any atom is 0.247 e. The quantitative estimate of drug-likeness (QED) is 0.737. The number of benzene rings is 2. The van der Waals surface area contributed by atoms with Crippen molar-refractivity contribution in [2.45, 2.75) is 13.8 Å². The molecule has 0 aliphatic carbocycles. The lowest BCUT2D eigenvalue weighted by Crippen LogP contribution is -2.47. The molecule has 4 rings (SSSR count). The van der Waals surface area contributed by atoms with Crippen molar-refractivity contribution in [1.29, 1.82) is 5.26 Å². The van der Waals surface area contributed by atoms with Gasteiger partial charge >= 0.3 is 0 Å². The average molecular weight is 385 g/mol. The molecule has 1 aromatic heterocycles. The predicted molar refractivity (Wildman–Crippen MR) is 115 cm³/mol. The topological polar surface area (TPSA) is 81.0 Å². The highest BCUT2D eigenvalue weighted by atomic mass is 15.4. The Labute approximate surface area is 170 Å². The number of rotatable bonds is 4. The molecule has 1 N–H and O–H groups in total. The Morgan fingerprint density at radius 3 is 2.55 bits per heavy atom. The Kier molecular flexibility index (Phi) is 5.25. The van der Waals surface area contributed by atoms with Gasteiger partial charge in [-0.05, 0) is 49.2 Å². The van der Waals surface area contributed by atoms with Crippen molar-refractivity contribution in [1.82, 2.24) is 15.2 Å². The van der Waals surface area contributed by atoms with E-state index in [1.165, 1.54) is 16.8 Å². The fourth-order valence-corrected chi connectivity index (χ4v) is 3.53. The van der Waals surface area contributed by atoms with Crippen LogP contribution in [0.1, 0.15) is 16.7 Å². The molecule has 1 aliphatic rings. The van der Waals surface area contributed by atoms with Gasteiger partial charge in [0.25, 0.3) is 0 Å². The van der Waals surface area contributed by atoms with Crippen LogP contribution in [-0.4, -0.2) is 41.4 Å². The molecule has 3 aromatic rings. The molecule has 0 atom stereocenters. The van der Waals surface area contributed by atoms with E-state index in [1.54, 1.807) is 18.3 Å². The molecule has 1 fully saturated rings. The smallest absolute Gasteiger partial charge is 0.247 e. The number of hydrogen-bond donors (Lipinski definition) is 1. The fraction of sp³-hybridized carbons (Fsp3) is 0.273. The summed E-state index contributed by atoms with van der Waals surface area (Å²) in [6.07, 6.45) is 1.59. The van der Waals surface area contributed by atoms with Gasteiger partial charge in [-0.2, -0.15) is 15.3 Å². The number of piperazine rings is 1. The molecule has 0 unspecified atom stereocenters. The molecule has 1 aliphatic heterocycles. The number of aryl methyl sites for hydroxylation is 1. The van der Waals surface area contributed by atoms with Crippen LogP contribution >= 0.6 is 0 Å². The minimum atomic E-state index is 0.597. The second-order valence-electron chi connectivity index (χ2n) is 7.15. The van der Waals surface area contributed by atoms with Crippen molar-refractivity contribution in [2.75, 3.05) is 41.3 Å². The standard InChI is InChI=1S/C22H23N7/c1-16-5-3-8-20(17(16)2)28-9-11-29(12-10-28)22-26-21(15-24-27-22)25-19-7-4-6-18(13-19)14-23/h3-8,13,15H,9-12H2,1-2H3,(H,25,26,27). The Morgan fingerprint density at radius 2 is 1.76 bits per heavy atom. The van der Waals surface area contributed by atoms with Crippen molar-refractivity contribution >= 4 is 23.1 Å². The van der Waals surface area contributed by atoms with Gasteiger partial charge in [-0.15, -0.1) is 5.10 Å². The van der Waals surface area contributed by atoms with Crippen LogP contribution in [0.3, 0.4) is 0 Å². The summed E-state index contributed by atoms with van der Waals surface area (Å²) in [5.74, 6) is 1.23. The molecule has 1 saturated heterocycles. The zero-order valence-electron chi connectivity index (χ0n) is 16.6. The van der Waals surface area contributed by atoms with Gasteiger partial charge in [-0.25, -0.2) is 0 Å². The van der Waals surface area contributed by atoms with Crippen LogP contribution < -0.4 is 15.1 Å². The highest BCUT2D eigenvalue weighted by molar-refractivity contribution is 5.59. The van der Waals surface area contributed by atoms with E-state index >= 15 is 0 Å². The van der Waals surface area contributed by atoms with E-state index in [9.17, 15) is 0 Å². The number of nitrogens with zero attached hydrogens (tertiary/aromatic N) is 6. The minimum Gasteiger partial charge on any atom is -0.368 e. The van der Waals surface area contributed by atoms with Crippen LogP contribution in [0.25, 0.3) is 0 Å². The van der Waals surface area contributed by atoms with E-state index in [0.717, 1.165) is 31.9 Å². The second kappa shape index (κ2) is 8.15. The van der Waals surface area contributed by atoms with Crippen LogP contribution in [0.5, 0.6) is 0 Å². The Hall–Kier alpha value is -3.66. The van der Waals surface area contributed by atoms with Gasteiger partial charge in [0.05, 0.1) is 17.8 Å². The zero-order valence-corrected chi connectivity index (χ0v) is 16.6. The monoisotopic (exact) mass is 385 g/mol. The van der Waals surface area contributed by atoms with Crippen molar-refractivity contribution in [3.8, 4) is 6.07 Å². The van der Waals surface area contributed by atoms with Crippen LogP contribution in [0.2, 0.25) is 0 Å². The average Bonchev–Trinajstić information content (AvgIpc) is 2.76. The third-order valence-corrected chi connectivity index (χ3v) is 5.29. The van der Waals surface area contributed by atoms with Crippen LogP contribution in [0, 0.1) is 25.2 Å². The SMILES string of the molecule is Cc1cccc(N2CCN(c3nncc(Nc4cccc(C#N)c4)n3)CC2)c1C. The summed E-state index contributed by atoms with van der Waals surface area (Å²) in [5, 5.41) is 20.6. The molecule has 7 heteroatoms. The summed E-state index contributed by atoms with van der Waals surface area (Å²) in [5.41, 5.74) is 5.35. The number of anilines is 4. The molecule has 146 valence electrons. The normalized spacial score (nSPS) is 13.8. The van der Waals surface area contributed by atoms with E-state index in [-0.39, 0.29) is 0 Å². The molecule has 0 amide bonds. The van der Waals surface area contributed by atoms with E-state index in [0.29, 0.717) is 17.3 Å². The molecule has 7 nitrogen and oxygen atoms in total. The first-order valence-corrected chi connectivity index (χ1v) is 9.67. The molecule has 0 spiro atoms. The highest BCUT2D eigenvalue weighted by Crippen LogP contribution is 2.25. The summed E-state index contributed by atoms with van der Waals surface area (Å²) in [7, 11) is 0. The lowest BCUT2D eigenvalue weighted by molar-refractivity contribution is 0.634. The molecular weight excluding hydrogens is 362 g/mol. The van der Waals surface area contributed by atoms with E-state index in [1.807, 2.05) is 12.1 Å². The Bertz CT molecular complexity index is 1050. The van der Waals surface area contributed by atoms with Gasteiger partial charge in [0.2, 0.25) is 5.95 Å². The molecule has 0 saturated carbocycles. The van der Waals surface area contributed by atoms with E-state index < -0.39 is 0 Å². The summed E-state index contributed by atoms with van der Waals surface area (Å²) in [6.45, 7) is 7.83. The van der Waals surface area contributed by atoms with Crippen molar-refractivity contribution in [3.63, 3.8) is 0 Å². The van der Waals surface area contributed by atoms with Gasteiger partial charge in [0, 0.05) is 37.6 Å². The molecule has 2 heterocycles. The molecule has 0 bridgehead atoms. The van der Waals surface area contributed by atoms with Gasteiger partial charge in [-0.3, -0.25) is 0 Å². The lowest BCUT2D eigenvalue weighted by atomic mass is 10.1. The summed E-state index contributed by atoms with van der Waals surface area (Å²) >= 11 is 0. The predicted octanol–water partition coefficient (Wildman–Crippen LogP) is 3.43. The third kappa shape index (κ3) is 4.11. The van der Waals surface area contributed by atoms with Crippen molar-refractivity contribution in [3.05, 3.63) is 65.4 Å². The van der Waals surface area contributed by atoms with Crippen LogP contribution in [-0.2, 0) is 0 Å². The highest BCUT2D eigenvalue weighted by Gasteiger charge is 2.21. The van der Waals surface area contributed by atoms with Gasteiger partial charge < -0.3 is 15.1 Å². The largest absolute Gasteiger partial charge is 0.368 e. The van der Waals surface area contributed by atoms with E-state index in [2.05, 4.69) is 68.4 Å². The third-order valence-electron chi connectivity index (χ3n) is 5.29. The molecule has 29 heavy (non-hydrogen) atoms. The van der Waals surface area contributed by atoms with Gasteiger partial charge in [0.15, 0.2) is 5.82 Å². The van der Waals surface area contributed by atoms with Gasteiger partial charge in [-0.1, -0.05) is 18.2 Å². The maximum absolute atomic E-state index is 9.05. The number of nitrogens with one attached hydrogen (secondary N) is 1. The Morgan fingerprint density at radius 1 is 1.00 bits per heavy atom. The number of aromatic nitrogens is 3. The van der Waals surface area contributed by atoms with Crippen LogP contribution in [0.15, 0.2) is 48.7 Å². The Balaban J connectivity index is 1.44. The van der Waals surface area contributed by atoms with Gasteiger partial charge in [0.1, 0.15) is 0 Å². The molecule has 2 aromatic carbocycles. The van der Waals surface area contributed by atoms with Crippen LogP contribution in [0.4, 0.5) is 23.1 Å². The van der Waals surface area contributed by atoms with Crippen molar-refractivity contribution in [2.24, 2.45) is 0 Å². The second-order valence-corrected chi connectivity index (χ2v) is 7.15. The first kappa shape index (κ1) is 18.7. The summed E-state index contributed by atoms with van der Waals surface area (Å²) in [6, 6.07) is 15.9. The first-order valence-electron chi connectivity index (χ1n) is 9.67. The fourth-order valence-electron chi connectivity index (χ4n) is 3.53. The van der Waals surface area contributed by atoms with Crippen molar-refractivity contribution < 1.29 is 0 Å². The van der Waals surface area contributed by atoms with E-state index in [4.69, 9.17) is 5.26 Å². The summed E-state index contributed by atoms with van der Waals surface area (Å²) < 4.78 is 0. The number of hydrogen-bond acceptors (Lipinski definition) is 7. The summed E-state index contributed by atoms with van der Waals surface area (Å²) in [4.78, 5) is 9.19. The maximum atomic E-state index is 9.05. The minimum absolute atomic E-state index is 0.597. The molecular formula is C22H23N7.